The molecule has 1 fully saturated rings. The number of aromatic nitrogens is 6. The minimum atomic E-state index is -0.293. The highest BCUT2D eigenvalue weighted by molar-refractivity contribution is 5.81. The minimum Gasteiger partial charge on any atom is -0.352 e. The van der Waals surface area contributed by atoms with Gasteiger partial charge in [-0.05, 0) is 43.2 Å². The molecule has 0 unspecified atom stereocenters. The van der Waals surface area contributed by atoms with Crippen molar-refractivity contribution < 1.29 is 4.39 Å². The minimum absolute atomic E-state index is 0.192. The van der Waals surface area contributed by atoms with Crippen molar-refractivity contribution in [2.45, 2.75) is 19.9 Å². The van der Waals surface area contributed by atoms with Gasteiger partial charge in [0.15, 0.2) is 5.82 Å². The van der Waals surface area contributed by atoms with E-state index in [1.807, 2.05) is 32.1 Å². The van der Waals surface area contributed by atoms with Crippen molar-refractivity contribution in [1.29, 1.82) is 0 Å². The molecule has 5 rings (SSSR count). The lowest BCUT2D eigenvalue weighted by Crippen LogP contribution is -2.56. The number of rotatable bonds is 7. The molecule has 1 saturated heterocycles. The van der Waals surface area contributed by atoms with Crippen LogP contribution in [0.2, 0.25) is 0 Å². The number of nitrogens with two attached hydrogens (primary N) is 1. The van der Waals surface area contributed by atoms with Gasteiger partial charge in [0.1, 0.15) is 17.3 Å². The van der Waals surface area contributed by atoms with Crippen molar-refractivity contribution >= 4 is 29.6 Å². The highest BCUT2D eigenvalue weighted by Gasteiger charge is 2.24. The third-order valence-electron chi connectivity index (χ3n) is 6.46. The second-order valence-electron chi connectivity index (χ2n) is 9.29. The molecule has 9 heteroatoms. The molecule has 3 aromatic heterocycles. The van der Waals surface area contributed by atoms with E-state index in [0.29, 0.717) is 16.7 Å². The quantitative estimate of drug-likeness (QED) is 0.331. The SMILES string of the molecule is C=C/C=C(/c1ccc(F)cc1)c1nc(-c2n[nH]/c(=C/C=C(\C)c3cncc(N4CC(N)C4)n3)c2=C)[nH]c1C. The zero-order chi connectivity index (χ0) is 26.8. The van der Waals surface area contributed by atoms with Gasteiger partial charge < -0.3 is 15.6 Å². The van der Waals surface area contributed by atoms with Crippen molar-refractivity contribution in [3.8, 4) is 11.5 Å². The standard InChI is InChI=1S/C29H29FN8/c1-5-6-23(20-8-10-21(30)11-9-20)28-19(4)33-29(35-28)27-18(3)24(36-37-27)12-7-17(2)25-13-32-14-26(34-25)38-15-22(31)16-38/h5-14,22,36H,1,3,15-16,31H2,2,4H3,(H,33,35)/b17-7+,23-6-,24-12+. The summed E-state index contributed by atoms with van der Waals surface area (Å²) in [5, 5.41) is 8.98. The molecule has 8 nitrogen and oxygen atoms in total. The lowest BCUT2D eigenvalue weighted by Gasteiger charge is -2.37. The van der Waals surface area contributed by atoms with E-state index in [-0.39, 0.29) is 11.9 Å². The number of nitrogens with one attached hydrogen (secondary N) is 2. The second-order valence-corrected chi connectivity index (χ2v) is 9.29. The smallest absolute Gasteiger partial charge is 0.159 e. The molecule has 4 N–H and O–H groups in total. The molecular weight excluding hydrogens is 479 g/mol. The Morgan fingerprint density at radius 2 is 1.92 bits per heavy atom. The number of allylic oxidation sites excluding steroid dienone is 4. The van der Waals surface area contributed by atoms with Crippen molar-refractivity contribution in [3.05, 3.63) is 100 Å². The van der Waals surface area contributed by atoms with E-state index in [0.717, 1.165) is 58.0 Å². The summed E-state index contributed by atoms with van der Waals surface area (Å²) in [6.07, 6.45) is 10.9. The molecule has 0 amide bonds. The average Bonchev–Trinajstić information content (AvgIpc) is 3.46. The first kappa shape index (κ1) is 25.0. The van der Waals surface area contributed by atoms with E-state index in [1.165, 1.54) is 12.1 Å². The molecule has 0 radical (unpaired) electrons. The Bertz CT molecular complexity index is 1650. The first-order valence-corrected chi connectivity index (χ1v) is 12.2. The lowest BCUT2D eigenvalue weighted by atomic mass is 10.0. The average molecular weight is 509 g/mol. The second kappa shape index (κ2) is 10.4. The fourth-order valence-corrected chi connectivity index (χ4v) is 4.30. The Hall–Kier alpha value is -4.63. The van der Waals surface area contributed by atoms with E-state index < -0.39 is 0 Å². The third-order valence-corrected chi connectivity index (χ3v) is 6.46. The first-order chi connectivity index (χ1) is 18.3. The molecule has 1 aliphatic heterocycles. The third kappa shape index (κ3) is 4.96. The highest BCUT2D eigenvalue weighted by Crippen LogP contribution is 2.27. The van der Waals surface area contributed by atoms with E-state index in [2.05, 4.69) is 38.2 Å². The van der Waals surface area contributed by atoms with Gasteiger partial charge in [-0.2, -0.15) is 5.10 Å². The molecule has 0 bridgehead atoms. The van der Waals surface area contributed by atoms with E-state index in [1.54, 1.807) is 30.6 Å². The summed E-state index contributed by atoms with van der Waals surface area (Å²) < 4.78 is 13.5. The van der Waals surface area contributed by atoms with Gasteiger partial charge in [0.05, 0.1) is 29.1 Å². The molecule has 0 atom stereocenters. The van der Waals surface area contributed by atoms with E-state index in [4.69, 9.17) is 15.7 Å². The molecule has 4 heterocycles. The number of H-pyrrole nitrogens is 2. The monoisotopic (exact) mass is 508 g/mol. The molecule has 4 aromatic rings. The summed E-state index contributed by atoms with van der Waals surface area (Å²) >= 11 is 0. The number of aryl methyl sites for hydroxylation is 1. The van der Waals surface area contributed by atoms with Crippen molar-refractivity contribution in [2.75, 3.05) is 18.0 Å². The molecule has 0 aliphatic carbocycles. The van der Waals surface area contributed by atoms with E-state index >= 15 is 0 Å². The van der Waals surface area contributed by atoms with Crippen LogP contribution in [-0.4, -0.2) is 49.3 Å². The van der Waals surface area contributed by atoms with Crippen molar-refractivity contribution in [1.82, 2.24) is 30.1 Å². The zero-order valence-electron chi connectivity index (χ0n) is 21.4. The highest BCUT2D eigenvalue weighted by atomic mass is 19.1. The van der Waals surface area contributed by atoms with Crippen molar-refractivity contribution in [3.63, 3.8) is 0 Å². The van der Waals surface area contributed by atoms with Gasteiger partial charge in [-0.3, -0.25) is 10.1 Å². The summed E-state index contributed by atoms with van der Waals surface area (Å²) in [6, 6.07) is 6.49. The Balaban J connectivity index is 1.43. The number of anilines is 1. The Kier molecular flexibility index (Phi) is 6.85. The first-order valence-electron chi connectivity index (χ1n) is 12.2. The van der Waals surface area contributed by atoms with Gasteiger partial charge in [-0.1, -0.05) is 43.5 Å². The maximum atomic E-state index is 13.5. The Morgan fingerprint density at radius 1 is 1.16 bits per heavy atom. The van der Waals surface area contributed by atoms with Gasteiger partial charge in [-0.25, -0.2) is 14.4 Å². The number of aromatic amines is 2. The predicted octanol–water partition coefficient (Wildman–Crippen LogP) is 3.10. The summed E-state index contributed by atoms with van der Waals surface area (Å²) in [4.78, 5) is 19.3. The van der Waals surface area contributed by atoms with Gasteiger partial charge in [0.25, 0.3) is 0 Å². The fraction of sp³-hybridized carbons (Fsp3) is 0.172. The zero-order valence-corrected chi connectivity index (χ0v) is 21.4. The summed E-state index contributed by atoms with van der Waals surface area (Å²) in [7, 11) is 0. The topological polar surface area (TPSA) is 112 Å². The Labute approximate surface area is 219 Å². The number of halogens is 1. The van der Waals surface area contributed by atoms with Crippen molar-refractivity contribution in [2.24, 2.45) is 5.73 Å². The van der Waals surface area contributed by atoms with Crippen LogP contribution in [0.4, 0.5) is 10.2 Å². The van der Waals surface area contributed by atoms with E-state index in [9.17, 15) is 4.39 Å². The number of nitrogens with zero attached hydrogens (tertiary/aromatic N) is 5. The molecule has 38 heavy (non-hydrogen) atoms. The summed E-state index contributed by atoms with van der Waals surface area (Å²) in [5.74, 6) is 1.12. The fourth-order valence-electron chi connectivity index (χ4n) is 4.30. The largest absolute Gasteiger partial charge is 0.352 e. The predicted molar refractivity (Wildman–Crippen MR) is 150 cm³/mol. The van der Waals surface area contributed by atoms with Crippen LogP contribution in [0.3, 0.4) is 0 Å². The summed E-state index contributed by atoms with van der Waals surface area (Å²) in [6.45, 7) is 13.5. The van der Waals surface area contributed by atoms with Crippen LogP contribution in [0.15, 0.2) is 61.5 Å². The van der Waals surface area contributed by atoms with Gasteiger partial charge in [0, 0.05) is 35.6 Å². The maximum absolute atomic E-state index is 13.5. The van der Waals surface area contributed by atoms with Crippen LogP contribution in [-0.2, 0) is 0 Å². The number of hydrogen-bond donors (Lipinski definition) is 3. The normalized spacial score (nSPS) is 15.2. The van der Waals surface area contributed by atoms with Crippen LogP contribution in [0.1, 0.15) is 29.6 Å². The number of imidazole rings is 1. The maximum Gasteiger partial charge on any atom is 0.159 e. The molecule has 0 spiro atoms. The molecule has 1 aliphatic rings. The van der Waals surface area contributed by atoms with Gasteiger partial charge in [-0.15, -0.1) is 0 Å². The van der Waals surface area contributed by atoms with Gasteiger partial charge >= 0.3 is 0 Å². The van der Waals surface area contributed by atoms with Crippen LogP contribution < -0.4 is 21.2 Å². The molecule has 1 aromatic carbocycles. The molecule has 0 saturated carbocycles. The number of benzene rings is 1. The lowest BCUT2D eigenvalue weighted by molar-refractivity contribution is 0.513. The van der Waals surface area contributed by atoms with Crippen LogP contribution >= 0.6 is 0 Å². The molecule has 192 valence electrons. The van der Waals surface area contributed by atoms with Crippen LogP contribution in [0.5, 0.6) is 0 Å². The number of hydrogen-bond acceptors (Lipinski definition) is 6. The van der Waals surface area contributed by atoms with Crippen LogP contribution in [0.25, 0.3) is 35.3 Å². The summed E-state index contributed by atoms with van der Waals surface area (Å²) in [5.41, 5.74) is 11.5. The molecular formula is C29H29FN8. The Morgan fingerprint density at radius 3 is 2.63 bits per heavy atom. The van der Waals surface area contributed by atoms with Crippen LogP contribution in [0, 0.1) is 12.7 Å². The van der Waals surface area contributed by atoms with Gasteiger partial charge in [0.2, 0.25) is 0 Å².